The van der Waals surface area contributed by atoms with Crippen molar-refractivity contribution < 1.29 is 14.7 Å². The summed E-state index contributed by atoms with van der Waals surface area (Å²) in [4.78, 5) is 28.4. The van der Waals surface area contributed by atoms with Crippen LogP contribution in [0.15, 0.2) is 12.4 Å². The maximum absolute atomic E-state index is 11.2. The van der Waals surface area contributed by atoms with Gasteiger partial charge in [0.05, 0.1) is 6.04 Å². The van der Waals surface area contributed by atoms with E-state index in [2.05, 4.69) is 9.88 Å². The smallest absolute Gasteiger partial charge is 0.417 e. The summed E-state index contributed by atoms with van der Waals surface area (Å²) in [5.74, 6) is 0.0910. The topological polar surface area (TPSA) is 101 Å². The van der Waals surface area contributed by atoms with Crippen molar-refractivity contribution in [2.24, 2.45) is 5.73 Å². The normalized spacial score (nSPS) is 17.5. The Hall–Kier alpha value is -1.89. The molecule has 0 saturated carbocycles. The number of hydrogen-bond donors (Lipinski definition) is 2. The van der Waals surface area contributed by atoms with Crippen molar-refractivity contribution in [3.63, 3.8) is 0 Å². The minimum Gasteiger partial charge on any atom is -0.464 e. The summed E-state index contributed by atoms with van der Waals surface area (Å²) >= 11 is 0. The van der Waals surface area contributed by atoms with Crippen LogP contribution in [0.4, 0.5) is 4.79 Å². The zero-order chi connectivity index (χ0) is 13.8. The first-order valence-corrected chi connectivity index (χ1v) is 6.38. The van der Waals surface area contributed by atoms with Gasteiger partial charge in [0.25, 0.3) is 0 Å². The largest absolute Gasteiger partial charge is 0.464 e. The summed E-state index contributed by atoms with van der Waals surface area (Å²) < 4.78 is 1.12. The molecule has 0 aliphatic carbocycles. The standard InChI is InChI=1S/C12H18N4O3/c13-10(17)4-3-9(15-6-1-2-7-15)11-14-5-8-16(11)12(18)19/h5,8-9H,1-4,6-7H2,(H2,13,17)(H,18,19). The van der Waals surface area contributed by atoms with Gasteiger partial charge in [-0.15, -0.1) is 0 Å². The van der Waals surface area contributed by atoms with Crippen molar-refractivity contribution in [3.8, 4) is 0 Å². The average Bonchev–Trinajstić information content (AvgIpc) is 2.98. The molecule has 3 N–H and O–H groups in total. The molecule has 2 heterocycles. The minimum atomic E-state index is -1.06. The number of rotatable bonds is 5. The van der Waals surface area contributed by atoms with Crippen molar-refractivity contribution in [1.29, 1.82) is 0 Å². The third kappa shape index (κ3) is 3.11. The molecule has 1 amide bonds. The quantitative estimate of drug-likeness (QED) is 0.821. The van der Waals surface area contributed by atoms with E-state index in [-0.39, 0.29) is 18.4 Å². The Kier molecular flexibility index (Phi) is 4.16. The van der Waals surface area contributed by atoms with Crippen LogP contribution in [-0.2, 0) is 4.79 Å². The number of amides is 1. The summed E-state index contributed by atoms with van der Waals surface area (Å²) in [6.45, 7) is 1.80. The van der Waals surface area contributed by atoms with Gasteiger partial charge in [0.2, 0.25) is 5.91 Å². The summed E-state index contributed by atoms with van der Waals surface area (Å²) in [5.41, 5.74) is 5.19. The molecule has 1 aliphatic rings. The Morgan fingerprint density at radius 2 is 2.11 bits per heavy atom. The third-order valence-electron chi connectivity index (χ3n) is 3.42. The molecule has 0 bridgehead atoms. The summed E-state index contributed by atoms with van der Waals surface area (Å²) in [5, 5.41) is 9.14. The van der Waals surface area contributed by atoms with Gasteiger partial charge in [-0.05, 0) is 32.4 Å². The molecule has 104 valence electrons. The molecule has 1 unspecified atom stereocenters. The van der Waals surface area contributed by atoms with E-state index in [1.807, 2.05) is 0 Å². The summed E-state index contributed by atoms with van der Waals surface area (Å²) in [7, 11) is 0. The second-order valence-corrected chi connectivity index (χ2v) is 4.70. The van der Waals surface area contributed by atoms with Gasteiger partial charge in [0, 0.05) is 18.8 Å². The van der Waals surface area contributed by atoms with Crippen molar-refractivity contribution in [2.75, 3.05) is 13.1 Å². The van der Waals surface area contributed by atoms with Crippen molar-refractivity contribution >= 4 is 12.0 Å². The predicted octanol–water partition coefficient (Wildman–Crippen LogP) is 0.812. The second-order valence-electron chi connectivity index (χ2n) is 4.70. The van der Waals surface area contributed by atoms with Crippen LogP contribution in [0, 0.1) is 0 Å². The van der Waals surface area contributed by atoms with Gasteiger partial charge in [-0.3, -0.25) is 9.69 Å². The number of likely N-dealkylation sites (tertiary alicyclic amines) is 1. The van der Waals surface area contributed by atoms with Crippen molar-refractivity contribution in [1.82, 2.24) is 14.5 Å². The van der Waals surface area contributed by atoms with Crippen LogP contribution in [0.2, 0.25) is 0 Å². The predicted molar refractivity (Wildman–Crippen MR) is 67.6 cm³/mol. The highest BCUT2D eigenvalue weighted by molar-refractivity contribution is 5.73. The van der Waals surface area contributed by atoms with Crippen LogP contribution >= 0.6 is 0 Å². The lowest BCUT2D eigenvalue weighted by Gasteiger charge is -2.26. The van der Waals surface area contributed by atoms with Crippen molar-refractivity contribution in [2.45, 2.75) is 31.7 Å². The van der Waals surface area contributed by atoms with E-state index in [1.165, 1.54) is 12.4 Å². The van der Waals surface area contributed by atoms with E-state index >= 15 is 0 Å². The fourth-order valence-corrected chi connectivity index (χ4v) is 2.53. The lowest BCUT2D eigenvalue weighted by molar-refractivity contribution is -0.118. The van der Waals surface area contributed by atoms with Crippen LogP contribution < -0.4 is 5.73 Å². The zero-order valence-electron chi connectivity index (χ0n) is 10.7. The maximum Gasteiger partial charge on any atom is 0.417 e. The minimum absolute atomic E-state index is 0.166. The second kappa shape index (κ2) is 5.83. The fraction of sp³-hybridized carbons (Fsp3) is 0.583. The number of aromatic nitrogens is 2. The Morgan fingerprint density at radius 1 is 1.42 bits per heavy atom. The van der Waals surface area contributed by atoms with Crippen molar-refractivity contribution in [3.05, 3.63) is 18.2 Å². The van der Waals surface area contributed by atoms with Crippen LogP contribution in [0.25, 0.3) is 0 Å². The third-order valence-corrected chi connectivity index (χ3v) is 3.42. The number of primary amides is 1. The van der Waals surface area contributed by atoms with E-state index in [1.54, 1.807) is 0 Å². The Bertz CT molecular complexity index is 465. The molecule has 1 aliphatic heterocycles. The molecule has 1 atom stereocenters. The molecule has 1 fully saturated rings. The molecule has 0 spiro atoms. The van der Waals surface area contributed by atoms with Gasteiger partial charge in [0.1, 0.15) is 5.82 Å². The van der Waals surface area contributed by atoms with Crippen LogP contribution in [0.1, 0.15) is 37.5 Å². The number of nitrogens with two attached hydrogens (primary N) is 1. The number of carboxylic acid groups (broad SMARTS) is 1. The van der Waals surface area contributed by atoms with Gasteiger partial charge < -0.3 is 10.8 Å². The van der Waals surface area contributed by atoms with Gasteiger partial charge in [-0.2, -0.15) is 0 Å². The summed E-state index contributed by atoms with van der Waals surface area (Å²) in [6.07, 6.45) is 4.73. The number of carbonyl (C=O) groups is 2. The molecule has 0 radical (unpaired) electrons. The SMILES string of the molecule is NC(=O)CCC(c1nccn1C(=O)O)N1CCCC1. The highest BCUT2D eigenvalue weighted by Gasteiger charge is 2.28. The van der Waals surface area contributed by atoms with Gasteiger partial charge in [-0.25, -0.2) is 14.3 Å². The molecule has 1 saturated heterocycles. The lowest BCUT2D eigenvalue weighted by atomic mass is 10.1. The summed E-state index contributed by atoms with van der Waals surface area (Å²) in [6, 6.07) is -0.166. The average molecular weight is 266 g/mol. The first-order chi connectivity index (χ1) is 9.09. The van der Waals surface area contributed by atoms with E-state index in [0.29, 0.717) is 12.2 Å². The van der Waals surface area contributed by atoms with Crippen LogP contribution in [0.5, 0.6) is 0 Å². The highest BCUT2D eigenvalue weighted by Crippen LogP contribution is 2.28. The maximum atomic E-state index is 11.2. The van der Waals surface area contributed by atoms with Gasteiger partial charge in [-0.1, -0.05) is 0 Å². The van der Waals surface area contributed by atoms with Crippen LogP contribution in [0.3, 0.4) is 0 Å². The van der Waals surface area contributed by atoms with E-state index < -0.39 is 6.09 Å². The molecular formula is C12H18N4O3. The Labute approximate surface area is 111 Å². The molecule has 0 aromatic carbocycles. The molecule has 7 nitrogen and oxygen atoms in total. The number of nitrogens with zero attached hydrogens (tertiary/aromatic N) is 3. The number of imidazole rings is 1. The highest BCUT2D eigenvalue weighted by atomic mass is 16.4. The molecule has 1 aromatic rings. The number of hydrogen-bond acceptors (Lipinski definition) is 4. The monoisotopic (exact) mass is 266 g/mol. The van der Waals surface area contributed by atoms with Crippen LogP contribution in [-0.4, -0.2) is 44.6 Å². The number of carbonyl (C=O) groups excluding carboxylic acids is 1. The first kappa shape index (κ1) is 13.5. The van der Waals surface area contributed by atoms with Gasteiger partial charge >= 0.3 is 6.09 Å². The first-order valence-electron chi connectivity index (χ1n) is 6.38. The van der Waals surface area contributed by atoms with Gasteiger partial charge in [0.15, 0.2) is 0 Å². The molecule has 1 aromatic heterocycles. The molecule has 7 heteroatoms. The Morgan fingerprint density at radius 3 is 2.68 bits per heavy atom. The lowest BCUT2D eigenvalue weighted by Crippen LogP contribution is -2.30. The zero-order valence-corrected chi connectivity index (χ0v) is 10.7. The van der Waals surface area contributed by atoms with E-state index in [9.17, 15) is 9.59 Å². The molecule has 2 rings (SSSR count). The Balaban J connectivity index is 2.22. The molecular weight excluding hydrogens is 248 g/mol. The fourth-order valence-electron chi connectivity index (χ4n) is 2.53. The van der Waals surface area contributed by atoms with E-state index in [4.69, 9.17) is 10.8 Å². The van der Waals surface area contributed by atoms with E-state index in [0.717, 1.165) is 30.5 Å². The molecule has 19 heavy (non-hydrogen) atoms.